The van der Waals surface area contributed by atoms with Crippen molar-refractivity contribution in [1.82, 2.24) is 20.1 Å². The van der Waals surface area contributed by atoms with Gasteiger partial charge in [0.2, 0.25) is 0 Å². The summed E-state index contributed by atoms with van der Waals surface area (Å²) in [5.74, 6) is -0.888. The fourth-order valence-corrected chi connectivity index (χ4v) is 2.52. The predicted molar refractivity (Wildman–Crippen MR) is 71.3 cm³/mol. The molecule has 0 unspecified atom stereocenters. The normalized spacial score (nSPS) is 21.9. The first kappa shape index (κ1) is 14.1. The van der Waals surface area contributed by atoms with Gasteiger partial charge in [0.05, 0.1) is 12.6 Å². The van der Waals surface area contributed by atoms with E-state index in [1.807, 2.05) is 7.05 Å². The number of nitrogens with zero attached hydrogens (tertiary/aromatic N) is 3. The molecule has 0 amide bonds. The van der Waals surface area contributed by atoms with Crippen LogP contribution in [0.2, 0.25) is 0 Å². The first-order valence-electron chi connectivity index (χ1n) is 6.78. The van der Waals surface area contributed by atoms with Crippen LogP contribution in [-0.2, 0) is 18.3 Å². The van der Waals surface area contributed by atoms with E-state index in [0.717, 1.165) is 18.3 Å². The Hall–Kier alpha value is -1.86. The van der Waals surface area contributed by atoms with E-state index in [1.54, 1.807) is 10.7 Å². The van der Waals surface area contributed by atoms with E-state index in [4.69, 9.17) is 4.74 Å². The number of aromatic nitrogens is 3. The van der Waals surface area contributed by atoms with E-state index >= 15 is 0 Å². The number of hydrogen-bond acceptors (Lipinski definition) is 4. The van der Waals surface area contributed by atoms with Gasteiger partial charge in [-0.1, -0.05) is 6.07 Å². The zero-order valence-corrected chi connectivity index (χ0v) is 11.6. The zero-order chi connectivity index (χ0) is 14.8. The minimum Gasteiger partial charge on any atom is -0.372 e. The summed E-state index contributed by atoms with van der Waals surface area (Å²) in [5, 5.41) is 7.35. The number of aryl methyl sites for hydroxylation is 1. The quantitative estimate of drug-likeness (QED) is 0.933. The van der Waals surface area contributed by atoms with Crippen molar-refractivity contribution >= 4 is 0 Å². The van der Waals surface area contributed by atoms with Gasteiger partial charge in [-0.3, -0.25) is 4.68 Å². The molecule has 5 nitrogen and oxygen atoms in total. The van der Waals surface area contributed by atoms with Gasteiger partial charge >= 0.3 is 0 Å². The average molecular weight is 294 g/mol. The molecule has 0 saturated carbocycles. The van der Waals surface area contributed by atoms with Crippen LogP contribution in [-0.4, -0.2) is 27.4 Å². The van der Waals surface area contributed by atoms with Crippen molar-refractivity contribution in [3.63, 3.8) is 0 Å². The van der Waals surface area contributed by atoms with Gasteiger partial charge in [0.1, 0.15) is 12.2 Å². The lowest BCUT2D eigenvalue weighted by Gasteiger charge is -2.20. The van der Waals surface area contributed by atoms with Crippen LogP contribution in [0.15, 0.2) is 24.5 Å². The van der Waals surface area contributed by atoms with Crippen LogP contribution < -0.4 is 5.32 Å². The Bertz CT molecular complexity index is 631. The van der Waals surface area contributed by atoms with Crippen molar-refractivity contribution in [2.24, 2.45) is 7.05 Å². The van der Waals surface area contributed by atoms with E-state index in [0.29, 0.717) is 18.7 Å². The molecule has 1 fully saturated rings. The van der Waals surface area contributed by atoms with Gasteiger partial charge in [-0.25, -0.2) is 13.8 Å². The van der Waals surface area contributed by atoms with E-state index in [1.165, 1.54) is 12.4 Å². The highest BCUT2D eigenvalue weighted by Gasteiger charge is 2.30. The van der Waals surface area contributed by atoms with Gasteiger partial charge in [-0.05, 0) is 24.1 Å². The van der Waals surface area contributed by atoms with E-state index in [9.17, 15) is 8.78 Å². The van der Waals surface area contributed by atoms with Gasteiger partial charge in [-0.15, -0.1) is 0 Å². The molecule has 1 aliphatic heterocycles. The largest absolute Gasteiger partial charge is 0.372 e. The van der Waals surface area contributed by atoms with Crippen LogP contribution in [0, 0.1) is 11.6 Å². The summed E-state index contributed by atoms with van der Waals surface area (Å²) in [7, 11) is 1.82. The summed E-state index contributed by atoms with van der Waals surface area (Å²) >= 11 is 0. The second-order valence-corrected chi connectivity index (χ2v) is 5.04. The molecular formula is C14H16F2N4O. The molecule has 2 heterocycles. The van der Waals surface area contributed by atoms with Gasteiger partial charge in [0, 0.05) is 19.7 Å². The van der Waals surface area contributed by atoms with Gasteiger partial charge in [0.25, 0.3) is 0 Å². The lowest BCUT2D eigenvalue weighted by atomic mass is 10.0. The van der Waals surface area contributed by atoms with Crippen molar-refractivity contribution in [3.05, 3.63) is 47.5 Å². The molecule has 1 N–H and O–H groups in total. The van der Waals surface area contributed by atoms with Crippen LogP contribution in [0.5, 0.6) is 0 Å². The Morgan fingerprint density at radius 1 is 1.38 bits per heavy atom. The molecule has 1 aromatic heterocycles. The minimum absolute atomic E-state index is 0.0339. The third kappa shape index (κ3) is 2.93. The monoisotopic (exact) mass is 294 g/mol. The second kappa shape index (κ2) is 5.87. The van der Waals surface area contributed by atoms with Crippen LogP contribution in [0.1, 0.15) is 23.9 Å². The SMILES string of the molecule is Cn1ncnc1CN[C@H]1CCO[C@H]1c1ccc(F)c(F)c1. The van der Waals surface area contributed by atoms with Crippen LogP contribution in [0.25, 0.3) is 0 Å². The maximum absolute atomic E-state index is 13.3. The fraction of sp³-hybridized carbons (Fsp3) is 0.429. The molecule has 1 aromatic carbocycles. The summed E-state index contributed by atoms with van der Waals surface area (Å²) in [6, 6.07) is 3.92. The third-order valence-electron chi connectivity index (χ3n) is 3.69. The van der Waals surface area contributed by atoms with Gasteiger partial charge in [-0.2, -0.15) is 5.10 Å². The highest BCUT2D eigenvalue weighted by atomic mass is 19.2. The molecule has 0 bridgehead atoms. The van der Waals surface area contributed by atoms with Crippen molar-refractivity contribution in [3.8, 4) is 0 Å². The van der Waals surface area contributed by atoms with Crippen LogP contribution in [0.4, 0.5) is 8.78 Å². The molecule has 0 aliphatic carbocycles. The molecule has 2 atom stereocenters. The van der Waals surface area contributed by atoms with Crippen molar-refractivity contribution < 1.29 is 13.5 Å². The first-order valence-corrected chi connectivity index (χ1v) is 6.78. The van der Waals surface area contributed by atoms with Crippen molar-refractivity contribution in [2.75, 3.05) is 6.61 Å². The Labute approximate surface area is 120 Å². The fourth-order valence-electron chi connectivity index (χ4n) is 2.52. The molecular weight excluding hydrogens is 278 g/mol. The van der Waals surface area contributed by atoms with E-state index in [2.05, 4.69) is 15.4 Å². The predicted octanol–water partition coefficient (Wildman–Crippen LogP) is 1.71. The Kier molecular flexibility index (Phi) is 3.94. The molecule has 1 saturated heterocycles. The molecule has 0 spiro atoms. The summed E-state index contributed by atoms with van der Waals surface area (Å²) in [4.78, 5) is 4.14. The summed E-state index contributed by atoms with van der Waals surface area (Å²) in [5.41, 5.74) is 0.641. The summed E-state index contributed by atoms with van der Waals surface area (Å²) < 4.78 is 33.7. The lowest BCUT2D eigenvalue weighted by Crippen LogP contribution is -2.32. The molecule has 0 radical (unpaired) electrons. The number of rotatable bonds is 4. The average Bonchev–Trinajstić information content (AvgIpc) is 3.08. The topological polar surface area (TPSA) is 52.0 Å². The lowest BCUT2D eigenvalue weighted by molar-refractivity contribution is 0.0979. The highest BCUT2D eigenvalue weighted by molar-refractivity contribution is 5.22. The standard InChI is InChI=1S/C14H16F2N4O/c1-20-13(18-8-19-20)7-17-12-4-5-21-14(12)9-2-3-10(15)11(16)6-9/h2-3,6,8,12,14,17H,4-5,7H2,1H3/t12-,14-/m0/s1. The Morgan fingerprint density at radius 2 is 2.24 bits per heavy atom. The first-order chi connectivity index (χ1) is 10.1. The summed E-state index contributed by atoms with van der Waals surface area (Å²) in [6.45, 7) is 1.13. The number of hydrogen-bond donors (Lipinski definition) is 1. The molecule has 2 aromatic rings. The number of nitrogens with one attached hydrogen (secondary N) is 1. The molecule has 1 aliphatic rings. The van der Waals surface area contributed by atoms with Crippen LogP contribution in [0.3, 0.4) is 0 Å². The minimum atomic E-state index is -0.852. The number of halogens is 2. The number of benzene rings is 1. The number of ether oxygens (including phenoxy) is 1. The zero-order valence-electron chi connectivity index (χ0n) is 11.6. The van der Waals surface area contributed by atoms with Crippen LogP contribution >= 0.6 is 0 Å². The maximum Gasteiger partial charge on any atom is 0.159 e. The highest BCUT2D eigenvalue weighted by Crippen LogP contribution is 2.30. The van der Waals surface area contributed by atoms with Crippen molar-refractivity contribution in [2.45, 2.75) is 25.1 Å². The molecule has 21 heavy (non-hydrogen) atoms. The van der Waals surface area contributed by atoms with Gasteiger partial charge < -0.3 is 10.1 Å². The second-order valence-electron chi connectivity index (χ2n) is 5.04. The maximum atomic E-state index is 13.3. The van der Waals surface area contributed by atoms with E-state index in [-0.39, 0.29) is 12.1 Å². The molecule has 112 valence electrons. The molecule has 7 heteroatoms. The Morgan fingerprint density at radius 3 is 2.95 bits per heavy atom. The Balaban J connectivity index is 1.70. The third-order valence-corrected chi connectivity index (χ3v) is 3.69. The van der Waals surface area contributed by atoms with Crippen molar-refractivity contribution in [1.29, 1.82) is 0 Å². The summed E-state index contributed by atoms with van der Waals surface area (Å²) in [6.07, 6.45) is 2.02. The van der Waals surface area contributed by atoms with Gasteiger partial charge in [0.15, 0.2) is 11.6 Å². The molecule has 3 rings (SSSR count). The smallest absolute Gasteiger partial charge is 0.159 e. The van der Waals surface area contributed by atoms with E-state index < -0.39 is 11.6 Å².